The predicted molar refractivity (Wildman–Crippen MR) is 75.5 cm³/mol. The molecule has 0 saturated carbocycles. The molecule has 98 valence electrons. The number of hydrogen-bond acceptors (Lipinski definition) is 4. The van der Waals surface area contributed by atoms with Crippen LogP contribution in [0.2, 0.25) is 0 Å². The molecule has 1 aromatic rings. The van der Waals surface area contributed by atoms with Crippen molar-refractivity contribution in [1.29, 1.82) is 5.26 Å². The quantitative estimate of drug-likeness (QED) is 0.739. The summed E-state index contributed by atoms with van der Waals surface area (Å²) in [5, 5.41) is 10.6. The van der Waals surface area contributed by atoms with Gasteiger partial charge in [-0.3, -0.25) is 4.90 Å². The van der Waals surface area contributed by atoms with Crippen LogP contribution in [0.25, 0.3) is 0 Å². The van der Waals surface area contributed by atoms with Crippen molar-refractivity contribution in [2.75, 3.05) is 32.7 Å². The van der Waals surface area contributed by atoms with Crippen LogP contribution in [0.1, 0.15) is 24.1 Å². The standard InChI is InChI=1S/C14H21N3S/c15-6-2-1-3-7-16-8-10-17(11-9-16)13-14-5-4-12-18-14/h4-5,12H,1-3,7-11,13H2. The first-order valence-corrected chi connectivity index (χ1v) is 7.60. The first kappa shape index (κ1) is 13.5. The van der Waals surface area contributed by atoms with Gasteiger partial charge in [-0.05, 0) is 30.8 Å². The molecule has 1 aromatic heterocycles. The molecule has 0 spiro atoms. The summed E-state index contributed by atoms with van der Waals surface area (Å²) >= 11 is 1.85. The Hall–Kier alpha value is -0.890. The van der Waals surface area contributed by atoms with Crippen molar-refractivity contribution in [3.05, 3.63) is 22.4 Å². The first-order valence-electron chi connectivity index (χ1n) is 6.72. The Morgan fingerprint density at radius 1 is 1.17 bits per heavy atom. The average molecular weight is 263 g/mol. The molecule has 2 rings (SSSR count). The van der Waals surface area contributed by atoms with Crippen molar-refractivity contribution >= 4 is 11.3 Å². The highest BCUT2D eigenvalue weighted by Gasteiger charge is 2.16. The van der Waals surface area contributed by atoms with E-state index in [4.69, 9.17) is 5.26 Å². The van der Waals surface area contributed by atoms with Crippen molar-refractivity contribution < 1.29 is 0 Å². The van der Waals surface area contributed by atoms with Gasteiger partial charge in [-0.1, -0.05) is 6.07 Å². The Balaban J connectivity index is 1.61. The molecule has 3 nitrogen and oxygen atoms in total. The van der Waals surface area contributed by atoms with Gasteiger partial charge in [0.05, 0.1) is 6.07 Å². The van der Waals surface area contributed by atoms with E-state index in [9.17, 15) is 0 Å². The maximum atomic E-state index is 8.49. The summed E-state index contributed by atoms with van der Waals surface area (Å²) in [6.07, 6.45) is 2.92. The molecule has 0 amide bonds. The van der Waals surface area contributed by atoms with Crippen LogP contribution in [-0.4, -0.2) is 42.5 Å². The van der Waals surface area contributed by atoms with Gasteiger partial charge >= 0.3 is 0 Å². The van der Waals surface area contributed by atoms with Gasteiger partial charge in [0.1, 0.15) is 0 Å². The third kappa shape index (κ3) is 4.41. The number of nitriles is 1. The minimum absolute atomic E-state index is 0.707. The zero-order valence-corrected chi connectivity index (χ0v) is 11.7. The van der Waals surface area contributed by atoms with E-state index in [0.29, 0.717) is 6.42 Å². The van der Waals surface area contributed by atoms with Gasteiger partial charge in [-0.25, -0.2) is 0 Å². The summed E-state index contributed by atoms with van der Waals surface area (Å²) in [6, 6.07) is 6.56. The molecule has 0 aliphatic carbocycles. The lowest BCUT2D eigenvalue weighted by Crippen LogP contribution is -2.45. The zero-order valence-electron chi connectivity index (χ0n) is 10.8. The van der Waals surface area contributed by atoms with E-state index in [1.165, 1.54) is 37.5 Å². The number of nitrogens with zero attached hydrogens (tertiary/aromatic N) is 3. The van der Waals surface area contributed by atoms with Crippen LogP contribution >= 0.6 is 11.3 Å². The molecule has 2 heterocycles. The number of piperazine rings is 1. The van der Waals surface area contributed by atoms with Crippen LogP contribution in [-0.2, 0) is 6.54 Å². The minimum atomic E-state index is 0.707. The van der Waals surface area contributed by atoms with E-state index in [-0.39, 0.29) is 0 Å². The van der Waals surface area contributed by atoms with Gasteiger partial charge in [0.15, 0.2) is 0 Å². The maximum Gasteiger partial charge on any atom is 0.0621 e. The highest BCUT2D eigenvalue weighted by Crippen LogP contribution is 2.13. The Morgan fingerprint density at radius 2 is 1.94 bits per heavy atom. The lowest BCUT2D eigenvalue weighted by Gasteiger charge is -2.34. The van der Waals surface area contributed by atoms with E-state index in [1.54, 1.807) is 0 Å². The Kier molecular flexibility index (Phi) is 5.66. The van der Waals surface area contributed by atoms with Crippen LogP contribution in [0.3, 0.4) is 0 Å². The fraction of sp³-hybridized carbons (Fsp3) is 0.643. The molecule has 1 saturated heterocycles. The van der Waals surface area contributed by atoms with E-state index in [2.05, 4.69) is 33.4 Å². The molecule has 0 atom stereocenters. The molecular weight excluding hydrogens is 242 g/mol. The predicted octanol–water partition coefficient (Wildman–Crippen LogP) is 2.56. The molecule has 0 radical (unpaired) electrons. The number of unbranched alkanes of at least 4 members (excludes halogenated alkanes) is 2. The molecule has 1 fully saturated rings. The molecule has 18 heavy (non-hydrogen) atoms. The van der Waals surface area contributed by atoms with Crippen molar-refractivity contribution in [3.63, 3.8) is 0 Å². The average Bonchev–Trinajstić information content (AvgIpc) is 2.89. The summed E-state index contributed by atoms with van der Waals surface area (Å²) in [4.78, 5) is 6.54. The fourth-order valence-electron chi connectivity index (χ4n) is 2.33. The van der Waals surface area contributed by atoms with Crippen LogP contribution in [0.5, 0.6) is 0 Å². The van der Waals surface area contributed by atoms with Crippen molar-refractivity contribution in [2.24, 2.45) is 0 Å². The Bertz CT molecular complexity index is 361. The summed E-state index contributed by atoms with van der Waals surface area (Å²) in [7, 11) is 0. The van der Waals surface area contributed by atoms with Crippen LogP contribution < -0.4 is 0 Å². The van der Waals surface area contributed by atoms with Crippen LogP contribution in [0.15, 0.2) is 17.5 Å². The molecule has 0 bridgehead atoms. The lowest BCUT2D eigenvalue weighted by atomic mass is 10.2. The zero-order chi connectivity index (χ0) is 12.6. The van der Waals surface area contributed by atoms with E-state index in [0.717, 1.165) is 19.5 Å². The third-order valence-electron chi connectivity index (χ3n) is 3.44. The first-order chi connectivity index (χ1) is 8.88. The van der Waals surface area contributed by atoms with Crippen molar-refractivity contribution in [1.82, 2.24) is 9.80 Å². The number of thiophene rings is 1. The van der Waals surface area contributed by atoms with Crippen molar-refractivity contribution in [2.45, 2.75) is 25.8 Å². The molecule has 1 aliphatic rings. The largest absolute Gasteiger partial charge is 0.301 e. The van der Waals surface area contributed by atoms with Gasteiger partial charge in [0.25, 0.3) is 0 Å². The second kappa shape index (κ2) is 7.52. The van der Waals surface area contributed by atoms with E-state index >= 15 is 0 Å². The fourth-order valence-corrected chi connectivity index (χ4v) is 3.08. The SMILES string of the molecule is N#CCCCCN1CCN(Cc2cccs2)CC1. The van der Waals surface area contributed by atoms with Crippen LogP contribution in [0.4, 0.5) is 0 Å². The normalized spacial score (nSPS) is 17.7. The summed E-state index contributed by atoms with van der Waals surface area (Å²) in [5.41, 5.74) is 0. The number of hydrogen-bond donors (Lipinski definition) is 0. The second-order valence-electron chi connectivity index (χ2n) is 4.81. The summed E-state index contributed by atoms with van der Waals surface area (Å²) < 4.78 is 0. The molecule has 0 aromatic carbocycles. The van der Waals surface area contributed by atoms with Gasteiger partial charge in [-0.2, -0.15) is 5.26 Å². The molecule has 0 unspecified atom stereocenters. The van der Waals surface area contributed by atoms with Crippen LogP contribution in [0, 0.1) is 11.3 Å². The maximum absolute atomic E-state index is 8.49. The topological polar surface area (TPSA) is 30.3 Å². The Morgan fingerprint density at radius 3 is 2.61 bits per heavy atom. The van der Waals surface area contributed by atoms with Gasteiger partial charge in [0, 0.05) is 44.0 Å². The minimum Gasteiger partial charge on any atom is -0.301 e. The molecule has 0 N–H and O–H groups in total. The molecule has 1 aliphatic heterocycles. The smallest absolute Gasteiger partial charge is 0.0621 e. The van der Waals surface area contributed by atoms with Gasteiger partial charge in [-0.15, -0.1) is 11.3 Å². The molecular formula is C14H21N3S. The highest BCUT2D eigenvalue weighted by molar-refractivity contribution is 7.09. The summed E-state index contributed by atoms with van der Waals surface area (Å²) in [6.45, 7) is 6.98. The van der Waals surface area contributed by atoms with E-state index < -0.39 is 0 Å². The monoisotopic (exact) mass is 263 g/mol. The number of rotatable bonds is 6. The molecule has 4 heteroatoms. The third-order valence-corrected chi connectivity index (χ3v) is 4.30. The highest BCUT2D eigenvalue weighted by atomic mass is 32.1. The van der Waals surface area contributed by atoms with Gasteiger partial charge < -0.3 is 4.90 Å². The van der Waals surface area contributed by atoms with Crippen molar-refractivity contribution in [3.8, 4) is 6.07 Å². The van der Waals surface area contributed by atoms with Gasteiger partial charge in [0.2, 0.25) is 0 Å². The lowest BCUT2D eigenvalue weighted by molar-refractivity contribution is 0.126. The van der Waals surface area contributed by atoms with E-state index in [1.807, 2.05) is 11.3 Å². The Labute approximate surface area is 114 Å². The second-order valence-corrected chi connectivity index (χ2v) is 5.84. The summed E-state index contributed by atoms with van der Waals surface area (Å²) in [5.74, 6) is 0.